The summed E-state index contributed by atoms with van der Waals surface area (Å²) in [6, 6.07) is 11.7. The van der Waals surface area contributed by atoms with E-state index in [-0.39, 0.29) is 23.3 Å². The Labute approximate surface area is 177 Å². The number of anilines is 1. The van der Waals surface area contributed by atoms with Crippen molar-refractivity contribution in [2.24, 2.45) is 5.92 Å². The number of hydrogen-bond acceptors (Lipinski definition) is 4. The molecule has 4 rings (SSSR count). The molecule has 158 valence electrons. The summed E-state index contributed by atoms with van der Waals surface area (Å²) < 4.78 is 6.33. The number of pyridine rings is 1. The second-order valence-electron chi connectivity index (χ2n) is 8.59. The van der Waals surface area contributed by atoms with Crippen LogP contribution in [-0.4, -0.2) is 46.5 Å². The Morgan fingerprint density at radius 1 is 1.23 bits per heavy atom. The van der Waals surface area contributed by atoms with Gasteiger partial charge in [0.25, 0.3) is 5.91 Å². The first-order valence-corrected chi connectivity index (χ1v) is 10.7. The highest BCUT2D eigenvalue weighted by molar-refractivity contribution is 5.94. The Kier molecular flexibility index (Phi) is 5.86. The number of likely N-dealkylation sites (tertiary alicyclic amines) is 1. The molecule has 0 unspecified atom stereocenters. The topological polar surface area (TPSA) is 71.5 Å². The first kappa shape index (κ1) is 20.5. The minimum Gasteiger partial charge on any atom is -0.362 e. The fourth-order valence-corrected chi connectivity index (χ4v) is 4.54. The Morgan fingerprint density at radius 3 is 2.73 bits per heavy atom. The molecule has 1 spiro atoms. The summed E-state index contributed by atoms with van der Waals surface area (Å²) >= 11 is 0. The standard InChI is InChI=1S/C24H29N3O3/c1-17-5-7-19(8-6-17)14-22(28)27-13-11-24(18(2)16-27)10-9-21(30-24)23(29)26-20-4-3-12-25-15-20/h3-8,12,15,18,21H,9-11,13-14,16H2,1-2H3,(H,26,29)/t18-,21+,24+/m0/s1. The molecule has 0 bridgehead atoms. The van der Waals surface area contributed by atoms with Gasteiger partial charge in [-0.3, -0.25) is 14.6 Å². The molecule has 0 saturated carbocycles. The van der Waals surface area contributed by atoms with E-state index in [0.29, 0.717) is 31.6 Å². The molecule has 1 aromatic carbocycles. The summed E-state index contributed by atoms with van der Waals surface area (Å²) in [6.07, 6.45) is 5.59. The van der Waals surface area contributed by atoms with Crippen LogP contribution in [0.5, 0.6) is 0 Å². The minimum atomic E-state index is -0.456. The van der Waals surface area contributed by atoms with Crippen LogP contribution < -0.4 is 5.32 Å². The molecule has 2 aliphatic rings. The lowest BCUT2D eigenvalue weighted by molar-refractivity contribution is -0.151. The first-order valence-electron chi connectivity index (χ1n) is 10.7. The molecule has 30 heavy (non-hydrogen) atoms. The van der Waals surface area contributed by atoms with Gasteiger partial charge in [-0.15, -0.1) is 0 Å². The zero-order chi connectivity index (χ0) is 21.1. The quantitative estimate of drug-likeness (QED) is 0.844. The summed E-state index contributed by atoms with van der Waals surface area (Å²) in [5.41, 5.74) is 2.59. The number of nitrogens with zero attached hydrogens (tertiary/aromatic N) is 2. The van der Waals surface area contributed by atoms with Gasteiger partial charge in [0.05, 0.1) is 23.9 Å². The van der Waals surface area contributed by atoms with Crippen LogP contribution in [0.15, 0.2) is 48.8 Å². The highest BCUT2D eigenvalue weighted by Crippen LogP contribution is 2.42. The van der Waals surface area contributed by atoms with Crippen molar-refractivity contribution in [3.8, 4) is 0 Å². The van der Waals surface area contributed by atoms with Crippen LogP contribution in [0.2, 0.25) is 0 Å². The number of aryl methyl sites for hydroxylation is 1. The minimum absolute atomic E-state index is 0.120. The number of piperidine rings is 1. The van der Waals surface area contributed by atoms with Crippen molar-refractivity contribution in [1.29, 1.82) is 0 Å². The van der Waals surface area contributed by atoms with Gasteiger partial charge in [0, 0.05) is 25.2 Å². The molecule has 1 aromatic heterocycles. The van der Waals surface area contributed by atoms with E-state index in [1.165, 1.54) is 5.56 Å². The van der Waals surface area contributed by atoms with E-state index in [1.807, 2.05) is 42.2 Å². The van der Waals surface area contributed by atoms with Gasteiger partial charge in [-0.1, -0.05) is 36.8 Å². The molecule has 0 radical (unpaired) electrons. The van der Waals surface area contributed by atoms with E-state index >= 15 is 0 Å². The van der Waals surface area contributed by atoms with E-state index in [4.69, 9.17) is 4.74 Å². The number of aromatic nitrogens is 1. The number of nitrogens with one attached hydrogen (secondary N) is 1. The highest BCUT2D eigenvalue weighted by Gasteiger charge is 2.49. The van der Waals surface area contributed by atoms with Crippen LogP contribution >= 0.6 is 0 Å². The predicted octanol–water partition coefficient (Wildman–Crippen LogP) is 3.36. The third kappa shape index (κ3) is 4.38. The molecule has 3 atom stereocenters. The molecule has 6 heteroatoms. The molecule has 2 saturated heterocycles. The normalized spacial score (nSPS) is 26.0. The fourth-order valence-electron chi connectivity index (χ4n) is 4.54. The summed E-state index contributed by atoms with van der Waals surface area (Å²) in [7, 11) is 0. The number of carbonyl (C=O) groups excluding carboxylic acids is 2. The lowest BCUT2D eigenvalue weighted by Gasteiger charge is -2.44. The van der Waals surface area contributed by atoms with Gasteiger partial charge in [0.2, 0.25) is 5.91 Å². The molecule has 3 heterocycles. The maximum Gasteiger partial charge on any atom is 0.253 e. The molecular formula is C24H29N3O3. The van der Waals surface area contributed by atoms with Gasteiger partial charge in [-0.2, -0.15) is 0 Å². The number of benzene rings is 1. The van der Waals surface area contributed by atoms with Crippen molar-refractivity contribution >= 4 is 17.5 Å². The summed E-state index contributed by atoms with van der Waals surface area (Å²) in [5, 5.41) is 2.89. The average Bonchev–Trinajstić information content (AvgIpc) is 3.18. The third-order valence-corrected chi connectivity index (χ3v) is 6.45. The second kappa shape index (κ2) is 8.56. The molecule has 2 amide bonds. The van der Waals surface area contributed by atoms with Crippen LogP contribution in [-0.2, 0) is 20.7 Å². The van der Waals surface area contributed by atoms with E-state index < -0.39 is 6.10 Å². The third-order valence-electron chi connectivity index (χ3n) is 6.45. The maximum atomic E-state index is 12.8. The number of carbonyl (C=O) groups is 2. The summed E-state index contributed by atoms with van der Waals surface area (Å²) in [6.45, 7) is 5.52. The Bertz CT molecular complexity index is 900. The van der Waals surface area contributed by atoms with Crippen molar-refractivity contribution < 1.29 is 14.3 Å². The van der Waals surface area contributed by atoms with Gasteiger partial charge in [0.1, 0.15) is 6.10 Å². The van der Waals surface area contributed by atoms with Crippen molar-refractivity contribution in [1.82, 2.24) is 9.88 Å². The molecular weight excluding hydrogens is 378 g/mol. The molecule has 2 aliphatic heterocycles. The Balaban J connectivity index is 1.33. The van der Waals surface area contributed by atoms with Gasteiger partial charge in [0.15, 0.2) is 0 Å². The van der Waals surface area contributed by atoms with Crippen molar-refractivity contribution in [3.05, 3.63) is 59.9 Å². The molecule has 0 aliphatic carbocycles. The van der Waals surface area contributed by atoms with E-state index in [0.717, 1.165) is 18.4 Å². The predicted molar refractivity (Wildman–Crippen MR) is 115 cm³/mol. The smallest absolute Gasteiger partial charge is 0.253 e. The second-order valence-corrected chi connectivity index (χ2v) is 8.59. The Hall–Kier alpha value is -2.73. The zero-order valence-corrected chi connectivity index (χ0v) is 17.6. The number of ether oxygens (including phenoxy) is 1. The number of rotatable bonds is 4. The zero-order valence-electron chi connectivity index (χ0n) is 17.6. The van der Waals surface area contributed by atoms with Gasteiger partial charge >= 0.3 is 0 Å². The van der Waals surface area contributed by atoms with E-state index in [9.17, 15) is 9.59 Å². The van der Waals surface area contributed by atoms with Crippen LogP contribution in [0.25, 0.3) is 0 Å². The lowest BCUT2D eigenvalue weighted by atomic mass is 9.80. The fraction of sp³-hybridized carbons (Fsp3) is 0.458. The van der Waals surface area contributed by atoms with Gasteiger partial charge in [-0.05, 0) is 43.9 Å². The van der Waals surface area contributed by atoms with Crippen LogP contribution in [0.1, 0.15) is 37.3 Å². The monoisotopic (exact) mass is 407 g/mol. The molecule has 1 N–H and O–H groups in total. The first-order chi connectivity index (χ1) is 14.4. The van der Waals surface area contributed by atoms with E-state index in [2.05, 4.69) is 17.2 Å². The SMILES string of the molecule is Cc1ccc(CC(=O)N2CC[C@]3(CC[C@H](C(=O)Nc4cccnc4)O3)[C@@H](C)C2)cc1. The van der Waals surface area contributed by atoms with Crippen LogP contribution in [0.3, 0.4) is 0 Å². The largest absolute Gasteiger partial charge is 0.362 e. The average molecular weight is 408 g/mol. The van der Waals surface area contributed by atoms with Gasteiger partial charge < -0.3 is 15.0 Å². The van der Waals surface area contributed by atoms with Crippen LogP contribution in [0, 0.1) is 12.8 Å². The molecule has 2 fully saturated rings. The number of hydrogen-bond donors (Lipinski definition) is 1. The Morgan fingerprint density at radius 2 is 2.03 bits per heavy atom. The summed E-state index contributed by atoms with van der Waals surface area (Å²) in [4.78, 5) is 31.4. The van der Waals surface area contributed by atoms with Crippen molar-refractivity contribution in [2.75, 3.05) is 18.4 Å². The molecule has 2 aromatic rings. The van der Waals surface area contributed by atoms with Gasteiger partial charge in [-0.25, -0.2) is 0 Å². The molecule has 6 nitrogen and oxygen atoms in total. The lowest BCUT2D eigenvalue weighted by Crippen LogP contribution is -2.53. The highest BCUT2D eigenvalue weighted by atomic mass is 16.5. The van der Waals surface area contributed by atoms with Crippen molar-refractivity contribution in [2.45, 2.75) is 51.2 Å². The van der Waals surface area contributed by atoms with Crippen molar-refractivity contribution in [3.63, 3.8) is 0 Å². The van der Waals surface area contributed by atoms with Crippen LogP contribution in [0.4, 0.5) is 5.69 Å². The van der Waals surface area contributed by atoms with E-state index in [1.54, 1.807) is 18.5 Å². The number of amides is 2. The summed E-state index contributed by atoms with van der Waals surface area (Å²) in [5.74, 6) is 0.221. The maximum absolute atomic E-state index is 12.8.